The van der Waals surface area contributed by atoms with Gasteiger partial charge in [-0.3, -0.25) is 0 Å². The number of thioether (sulfide) groups is 1. The van der Waals surface area contributed by atoms with E-state index < -0.39 is 0 Å². The maximum Gasteiger partial charge on any atom is 0.119 e. The maximum absolute atomic E-state index is 5.74. The van der Waals surface area contributed by atoms with Crippen molar-refractivity contribution in [1.82, 2.24) is 0 Å². The molecule has 1 aromatic rings. The molecule has 0 heterocycles. The molecule has 0 unspecified atom stereocenters. The molecular formula is C11H13ClOS. The summed E-state index contributed by atoms with van der Waals surface area (Å²) < 4.78 is 5.49. The Morgan fingerprint density at radius 3 is 2.71 bits per heavy atom. The van der Waals surface area contributed by atoms with E-state index >= 15 is 0 Å². The minimum absolute atomic E-state index is 0.722. The minimum Gasteiger partial charge on any atom is -0.493 e. The molecule has 0 fully saturated rings. The summed E-state index contributed by atoms with van der Waals surface area (Å²) >= 11 is 7.55. The molecular weight excluding hydrogens is 216 g/mol. The molecule has 0 bridgehead atoms. The van der Waals surface area contributed by atoms with Crippen LogP contribution in [0, 0.1) is 0 Å². The van der Waals surface area contributed by atoms with Gasteiger partial charge in [0.05, 0.1) is 6.61 Å². The Morgan fingerprint density at radius 1 is 1.36 bits per heavy atom. The van der Waals surface area contributed by atoms with Gasteiger partial charge in [-0.25, -0.2) is 0 Å². The van der Waals surface area contributed by atoms with Gasteiger partial charge in [-0.1, -0.05) is 17.7 Å². The van der Waals surface area contributed by atoms with Crippen LogP contribution in [-0.4, -0.2) is 18.1 Å². The standard InChI is InChI=1S/C11H13ClOS/c1-2-8-14-9-7-13-11-5-3-10(12)4-6-11/h2-6H,1,7-9H2. The van der Waals surface area contributed by atoms with Gasteiger partial charge in [-0.05, 0) is 24.3 Å². The van der Waals surface area contributed by atoms with Gasteiger partial charge in [0.25, 0.3) is 0 Å². The monoisotopic (exact) mass is 228 g/mol. The summed E-state index contributed by atoms with van der Waals surface area (Å²) in [7, 11) is 0. The summed E-state index contributed by atoms with van der Waals surface area (Å²) in [5.74, 6) is 2.83. The summed E-state index contributed by atoms with van der Waals surface area (Å²) in [5, 5.41) is 0.735. The molecule has 0 aromatic heterocycles. The summed E-state index contributed by atoms with van der Waals surface area (Å²) in [6.45, 7) is 4.37. The van der Waals surface area contributed by atoms with E-state index in [1.165, 1.54) is 0 Å². The smallest absolute Gasteiger partial charge is 0.119 e. The van der Waals surface area contributed by atoms with Crippen molar-refractivity contribution in [1.29, 1.82) is 0 Å². The SMILES string of the molecule is C=CCSCCOc1ccc(Cl)cc1. The Morgan fingerprint density at radius 2 is 2.07 bits per heavy atom. The van der Waals surface area contributed by atoms with Gasteiger partial charge in [-0.15, -0.1) is 6.58 Å². The minimum atomic E-state index is 0.722. The Balaban J connectivity index is 2.18. The fourth-order valence-corrected chi connectivity index (χ4v) is 1.58. The second kappa shape index (κ2) is 6.80. The first-order valence-corrected chi connectivity index (χ1v) is 5.93. The van der Waals surface area contributed by atoms with Gasteiger partial charge in [0.2, 0.25) is 0 Å². The lowest BCUT2D eigenvalue weighted by Crippen LogP contribution is -1.99. The predicted molar refractivity (Wildman–Crippen MR) is 64.5 cm³/mol. The van der Waals surface area contributed by atoms with Crippen molar-refractivity contribution in [3.8, 4) is 5.75 Å². The molecule has 0 aliphatic rings. The van der Waals surface area contributed by atoms with Gasteiger partial charge in [0.1, 0.15) is 5.75 Å². The molecule has 0 saturated carbocycles. The van der Waals surface area contributed by atoms with Crippen molar-refractivity contribution in [3.05, 3.63) is 41.9 Å². The highest BCUT2D eigenvalue weighted by Crippen LogP contribution is 2.15. The maximum atomic E-state index is 5.74. The van der Waals surface area contributed by atoms with Crippen LogP contribution in [0.5, 0.6) is 5.75 Å². The zero-order chi connectivity index (χ0) is 10.2. The second-order valence-electron chi connectivity index (χ2n) is 2.67. The topological polar surface area (TPSA) is 9.23 Å². The Kier molecular flexibility index (Phi) is 5.57. The van der Waals surface area contributed by atoms with E-state index in [0.717, 1.165) is 28.9 Å². The molecule has 0 radical (unpaired) electrons. The van der Waals surface area contributed by atoms with Gasteiger partial charge in [-0.2, -0.15) is 11.8 Å². The van der Waals surface area contributed by atoms with Crippen LogP contribution in [0.4, 0.5) is 0 Å². The number of rotatable bonds is 6. The van der Waals surface area contributed by atoms with E-state index in [4.69, 9.17) is 16.3 Å². The van der Waals surface area contributed by atoms with E-state index in [-0.39, 0.29) is 0 Å². The van der Waals surface area contributed by atoms with Gasteiger partial charge in [0.15, 0.2) is 0 Å². The largest absolute Gasteiger partial charge is 0.493 e. The lowest BCUT2D eigenvalue weighted by atomic mass is 10.3. The molecule has 76 valence electrons. The van der Waals surface area contributed by atoms with E-state index in [1.807, 2.05) is 30.3 Å². The van der Waals surface area contributed by atoms with Crippen molar-refractivity contribution in [3.63, 3.8) is 0 Å². The highest BCUT2D eigenvalue weighted by atomic mass is 35.5. The molecule has 0 saturated heterocycles. The number of halogens is 1. The van der Waals surface area contributed by atoms with Crippen LogP contribution in [0.3, 0.4) is 0 Å². The fraction of sp³-hybridized carbons (Fsp3) is 0.273. The summed E-state index contributed by atoms with van der Waals surface area (Å²) in [4.78, 5) is 0. The van der Waals surface area contributed by atoms with Crippen molar-refractivity contribution in [2.24, 2.45) is 0 Å². The van der Waals surface area contributed by atoms with E-state index in [9.17, 15) is 0 Å². The van der Waals surface area contributed by atoms with Crippen LogP contribution in [0.15, 0.2) is 36.9 Å². The third kappa shape index (κ3) is 4.58. The normalized spacial score (nSPS) is 9.79. The second-order valence-corrected chi connectivity index (χ2v) is 4.25. The number of hydrogen-bond donors (Lipinski definition) is 0. The van der Waals surface area contributed by atoms with Crippen LogP contribution in [0.2, 0.25) is 5.02 Å². The van der Waals surface area contributed by atoms with Crippen molar-refractivity contribution < 1.29 is 4.74 Å². The van der Waals surface area contributed by atoms with Crippen LogP contribution < -0.4 is 4.74 Å². The molecule has 1 rings (SSSR count). The van der Waals surface area contributed by atoms with Crippen LogP contribution in [0.1, 0.15) is 0 Å². The molecule has 1 aromatic carbocycles. The number of ether oxygens (including phenoxy) is 1. The predicted octanol–water partition coefficient (Wildman–Crippen LogP) is 3.64. The molecule has 14 heavy (non-hydrogen) atoms. The summed E-state index contributed by atoms with van der Waals surface area (Å²) in [6, 6.07) is 7.41. The van der Waals surface area contributed by atoms with Gasteiger partial charge >= 0.3 is 0 Å². The lowest BCUT2D eigenvalue weighted by molar-refractivity contribution is 0.344. The quantitative estimate of drug-likeness (QED) is 0.543. The Labute approximate surface area is 94.1 Å². The first-order valence-electron chi connectivity index (χ1n) is 4.40. The molecule has 0 amide bonds. The van der Waals surface area contributed by atoms with Gasteiger partial charge in [0, 0.05) is 16.5 Å². The van der Waals surface area contributed by atoms with Crippen molar-refractivity contribution in [2.75, 3.05) is 18.1 Å². The molecule has 1 nitrogen and oxygen atoms in total. The van der Waals surface area contributed by atoms with Crippen LogP contribution in [-0.2, 0) is 0 Å². The Hall–Kier alpha value is -0.600. The molecule has 0 aliphatic heterocycles. The molecule has 0 N–H and O–H groups in total. The van der Waals surface area contributed by atoms with Crippen molar-refractivity contribution in [2.45, 2.75) is 0 Å². The Bertz CT molecular complexity index is 271. The zero-order valence-electron chi connectivity index (χ0n) is 7.91. The third-order valence-corrected chi connectivity index (χ3v) is 2.72. The van der Waals surface area contributed by atoms with E-state index in [0.29, 0.717) is 0 Å². The van der Waals surface area contributed by atoms with Gasteiger partial charge < -0.3 is 4.74 Å². The number of hydrogen-bond acceptors (Lipinski definition) is 2. The number of benzene rings is 1. The average Bonchev–Trinajstić information content (AvgIpc) is 2.21. The first kappa shape index (κ1) is 11.5. The zero-order valence-corrected chi connectivity index (χ0v) is 9.48. The average molecular weight is 229 g/mol. The van der Waals surface area contributed by atoms with E-state index in [1.54, 1.807) is 11.8 Å². The third-order valence-electron chi connectivity index (χ3n) is 1.55. The molecule has 0 spiro atoms. The molecule has 3 heteroatoms. The van der Waals surface area contributed by atoms with Crippen molar-refractivity contribution >= 4 is 23.4 Å². The summed E-state index contributed by atoms with van der Waals surface area (Å²) in [6.07, 6.45) is 1.90. The lowest BCUT2D eigenvalue weighted by Gasteiger charge is -2.04. The van der Waals surface area contributed by atoms with E-state index in [2.05, 4.69) is 6.58 Å². The highest BCUT2D eigenvalue weighted by molar-refractivity contribution is 7.99. The van der Waals surface area contributed by atoms with Crippen LogP contribution in [0.25, 0.3) is 0 Å². The fourth-order valence-electron chi connectivity index (χ4n) is 0.916. The van der Waals surface area contributed by atoms with Crippen LogP contribution >= 0.6 is 23.4 Å². The molecule has 0 aliphatic carbocycles. The summed E-state index contributed by atoms with van der Waals surface area (Å²) in [5.41, 5.74) is 0. The first-order chi connectivity index (χ1) is 6.83. The molecule has 0 atom stereocenters. The highest BCUT2D eigenvalue weighted by Gasteiger charge is 1.93.